The van der Waals surface area contributed by atoms with E-state index < -0.39 is 24.6 Å². The summed E-state index contributed by atoms with van der Waals surface area (Å²) in [7, 11) is 0. The fourth-order valence-electron chi connectivity index (χ4n) is 4.00. The summed E-state index contributed by atoms with van der Waals surface area (Å²) in [6.45, 7) is 18.8. The van der Waals surface area contributed by atoms with Gasteiger partial charge < -0.3 is 0 Å². The normalized spacial score (nSPS) is 11.7. The van der Waals surface area contributed by atoms with Gasteiger partial charge in [0, 0.05) is 0 Å². The van der Waals surface area contributed by atoms with Crippen LogP contribution >= 0.6 is 0 Å². The summed E-state index contributed by atoms with van der Waals surface area (Å²) in [4.78, 5) is 0. The molecule has 132 valence electrons. The fraction of sp³-hybridized carbons (Fsp3) is 0.500. The van der Waals surface area contributed by atoms with Crippen molar-refractivity contribution in [1.82, 2.24) is 0 Å². The van der Waals surface area contributed by atoms with E-state index in [4.69, 9.17) is 0 Å². The molecule has 0 atom stereocenters. The topological polar surface area (TPSA) is 0 Å². The van der Waals surface area contributed by atoms with Gasteiger partial charge in [-0.3, -0.25) is 0 Å². The van der Waals surface area contributed by atoms with Gasteiger partial charge in [-0.15, -0.1) is 0 Å². The average Bonchev–Trinajstić information content (AvgIpc) is 2.54. The standard InChI is InChI=1S/2C12H17.Hg/c2*1-9(2)11-6-5-7-12(8-11)10(3)4;/h2*5-7,9-10H,1-4H3;. The zero-order valence-corrected chi connectivity index (χ0v) is 23.0. The molecule has 0 spiro atoms. The molecule has 0 aliphatic rings. The first-order valence-electron chi connectivity index (χ1n) is 9.97. The molecule has 0 heterocycles. The monoisotopic (exact) mass is 524 g/mol. The van der Waals surface area contributed by atoms with E-state index in [-0.39, 0.29) is 0 Å². The molecule has 0 saturated heterocycles. The summed E-state index contributed by atoms with van der Waals surface area (Å²) in [5.41, 5.74) is 6.45. The van der Waals surface area contributed by atoms with Crippen molar-refractivity contribution in [2.24, 2.45) is 0 Å². The van der Waals surface area contributed by atoms with E-state index >= 15 is 0 Å². The minimum absolute atomic E-state index is 0.613. The molecule has 0 N–H and O–H groups in total. The molecule has 0 bridgehead atoms. The Bertz CT molecular complexity index is 594. The van der Waals surface area contributed by atoms with Crippen molar-refractivity contribution in [2.45, 2.75) is 79.1 Å². The van der Waals surface area contributed by atoms with E-state index in [1.807, 2.05) is 0 Å². The Labute approximate surface area is 167 Å². The van der Waals surface area contributed by atoms with Gasteiger partial charge in [-0.1, -0.05) is 0 Å². The van der Waals surface area contributed by atoms with Gasteiger partial charge in [0.15, 0.2) is 0 Å². The van der Waals surface area contributed by atoms with Gasteiger partial charge in [-0.25, -0.2) is 0 Å². The van der Waals surface area contributed by atoms with Crippen LogP contribution in [0.4, 0.5) is 0 Å². The third-order valence-corrected chi connectivity index (χ3v) is 14.4. The summed E-state index contributed by atoms with van der Waals surface area (Å²) in [6, 6.07) is 14.1. The van der Waals surface area contributed by atoms with E-state index in [1.54, 1.807) is 28.4 Å². The SMILES string of the molecule is CC(C)c1cccc(C(C)C)[c]1[Hg][c]1c(C(C)C)cccc1C(C)C. The van der Waals surface area contributed by atoms with E-state index in [0.717, 1.165) is 0 Å². The van der Waals surface area contributed by atoms with Gasteiger partial charge in [-0.05, 0) is 0 Å². The van der Waals surface area contributed by atoms with E-state index in [2.05, 4.69) is 91.8 Å². The Kier molecular flexibility index (Phi) is 7.32. The first kappa shape index (κ1) is 20.7. The summed E-state index contributed by atoms with van der Waals surface area (Å²) in [6.07, 6.45) is 0. The number of benzene rings is 2. The Morgan fingerprint density at radius 1 is 0.480 bits per heavy atom. The fourth-order valence-corrected chi connectivity index (χ4v) is 16.7. The molecular weight excluding hydrogens is 489 g/mol. The second kappa shape index (κ2) is 8.84. The van der Waals surface area contributed by atoms with Crippen molar-refractivity contribution in [3.63, 3.8) is 0 Å². The molecule has 0 aliphatic carbocycles. The van der Waals surface area contributed by atoms with Crippen LogP contribution < -0.4 is 6.14 Å². The molecule has 1 heteroatoms. The summed E-state index contributed by atoms with van der Waals surface area (Å²) in [5, 5.41) is 0. The molecular formula is C24H34Hg. The molecule has 0 saturated carbocycles. The van der Waals surface area contributed by atoms with Crippen LogP contribution in [-0.4, -0.2) is 0 Å². The Morgan fingerprint density at radius 3 is 0.920 bits per heavy atom. The van der Waals surface area contributed by atoms with Gasteiger partial charge >= 0.3 is 168 Å². The molecule has 0 aliphatic heterocycles. The van der Waals surface area contributed by atoms with Crippen molar-refractivity contribution in [2.75, 3.05) is 0 Å². The van der Waals surface area contributed by atoms with Crippen LogP contribution in [0.3, 0.4) is 0 Å². The molecule has 25 heavy (non-hydrogen) atoms. The molecule has 0 nitrogen and oxygen atoms in total. The summed E-state index contributed by atoms with van der Waals surface area (Å²) in [5.74, 6) is 2.45. The second-order valence-electron chi connectivity index (χ2n) is 8.63. The molecule has 0 radical (unpaired) electrons. The zero-order chi connectivity index (χ0) is 18.7. The second-order valence-corrected chi connectivity index (χ2v) is 15.5. The minimum atomic E-state index is -1.47. The van der Waals surface area contributed by atoms with Crippen LogP contribution in [-0.2, 0) is 24.6 Å². The molecule has 2 aromatic rings. The number of rotatable bonds is 6. The van der Waals surface area contributed by atoms with E-state index in [0.29, 0.717) is 23.7 Å². The predicted octanol–water partition coefficient (Wildman–Crippen LogP) is 6.21. The number of hydrogen-bond acceptors (Lipinski definition) is 0. The Morgan fingerprint density at radius 2 is 0.720 bits per heavy atom. The van der Waals surface area contributed by atoms with Crippen LogP contribution in [0.25, 0.3) is 0 Å². The van der Waals surface area contributed by atoms with Crippen molar-refractivity contribution >= 4 is 6.14 Å². The molecule has 2 rings (SSSR count). The quantitative estimate of drug-likeness (QED) is 0.395. The van der Waals surface area contributed by atoms with Crippen LogP contribution in [0.2, 0.25) is 0 Å². The van der Waals surface area contributed by atoms with Crippen LogP contribution in [0, 0.1) is 0 Å². The van der Waals surface area contributed by atoms with Gasteiger partial charge in [-0.2, -0.15) is 0 Å². The van der Waals surface area contributed by atoms with Crippen LogP contribution in [0.5, 0.6) is 0 Å². The van der Waals surface area contributed by atoms with Crippen LogP contribution in [0.1, 0.15) is 101 Å². The third-order valence-electron chi connectivity index (χ3n) is 5.34. The van der Waals surface area contributed by atoms with E-state index in [1.165, 1.54) is 0 Å². The summed E-state index contributed by atoms with van der Waals surface area (Å²) < 4.78 is 3.56. The number of hydrogen-bond donors (Lipinski definition) is 0. The maximum atomic E-state index is 2.39. The van der Waals surface area contributed by atoms with Crippen molar-refractivity contribution in [1.29, 1.82) is 0 Å². The Balaban J connectivity index is 2.68. The molecule has 0 fully saturated rings. The first-order chi connectivity index (χ1) is 11.7. The Hall–Kier alpha value is -0.625. The molecule has 0 unspecified atom stereocenters. The molecule has 0 aromatic heterocycles. The van der Waals surface area contributed by atoms with Crippen molar-refractivity contribution < 1.29 is 24.6 Å². The maximum absolute atomic E-state index is 2.39. The van der Waals surface area contributed by atoms with Crippen LogP contribution in [0.15, 0.2) is 36.4 Å². The van der Waals surface area contributed by atoms with Gasteiger partial charge in [0.2, 0.25) is 0 Å². The molecule has 2 aromatic carbocycles. The van der Waals surface area contributed by atoms with Crippen molar-refractivity contribution in [3.8, 4) is 0 Å². The van der Waals surface area contributed by atoms with E-state index in [9.17, 15) is 0 Å². The third kappa shape index (κ3) is 4.76. The van der Waals surface area contributed by atoms with Gasteiger partial charge in [0.05, 0.1) is 0 Å². The van der Waals surface area contributed by atoms with Gasteiger partial charge in [0.1, 0.15) is 0 Å². The van der Waals surface area contributed by atoms with Crippen molar-refractivity contribution in [3.05, 3.63) is 58.7 Å². The first-order valence-corrected chi connectivity index (χ1v) is 15.5. The predicted molar refractivity (Wildman–Crippen MR) is 109 cm³/mol. The molecule has 0 amide bonds. The summed E-state index contributed by atoms with van der Waals surface area (Å²) >= 11 is -1.47. The zero-order valence-electron chi connectivity index (χ0n) is 17.5. The average molecular weight is 523 g/mol. The van der Waals surface area contributed by atoms with Gasteiger partial charge in [0.25, 0.3) is 0 Å².